The Kier molecular flexibility index (Phi) is 9.07. The minimum absolute atomic E-state index is 0.110. The van der Waals surface area contributed by atoms with Crippen molar-refractivity contribution in [3.63, 3.8) is 0 Å². The number of fused-ring (bicyclic) bond motifs is 1. The number of imidazole rings is 1. The second kappa shape index (κ2) is 11.7. The van der Waals surface area contributed by atoms with Crippen LogP contribution < -0.4 is 11.1 Å². The molecule has 0 saturated carbocycles. The van der Waals surface area contributed by atoms with Crippen molar-refractivity contribution in [3.05, 3.63) is 12.7 Å². The number of hydrogen-bond acceptors (Lipinski definition) is 11. The second-order valence-electron chi connectivity index (χ2n) is 8.53. The van der Waals surface area contributed by atoms with Gasteiger partial charge in [-0.25, -0.2) is 19.7 Å². The molecule has 0 aliphatic carbocycles. The van der Waals surface area contributed by atoms with Gasteiger partial charge in [0.25, 0.3) is 10.1 Å². The number of rotatable bonds is 12. The summed E-state index contributed by atoms with van der Waals surface area (Å²) in [5.41, 5.74) is 6.47. The molecule has 6 atom stereocenters. The number of aliphatic hydroxyl groups is 2. The number of nitrogen functional groups attached to an aromatic ring is 1. The average Bonchev–Trinajstić information content (AvgIpc) is 3.33. The SMILES string of the molecule is C[SH](CCC(NC(=O)CCCS(=O)(=O)O)C(=O)O)C[C@H]1O[C@@H](n2cnc3c(N)ncnc32)C(O)C1O. The number of aliphatic hydroxyl groups excluding tert-OH is 2. The van der Waals surface area contributed by atoms with E-state index in [0.717, 1.165) is 0 Å². The van der Waals surface area contributed by atoms with Crippen molar-refractivity contribution in [2.24, 2.45) is 0 Å². The van der Waals surface area contributed by atoms with E-state index in [0.29, 0.717) is 22.7 Å². The third-order valence-electron chi connectivity index (χ3n) is 5.73. The summed E-state index contributed by atoms with van der Waals surface area (Å²) in [6, 6.07) is -1.18. The molecule has 17 heteroatoms. The summed E-state index contributed by atoms with van der Waals surface area (Å²) in [5, 5.41) is 32.9. The Hall–Kier alpha value is -2.57. The Labute approximate surface area is 209 Å². The molecule has 202 valence electrons. The molecule has 4 unspecified atom stereocenters. The lowest BCUT2D eigenvalue weighted by Gasteiger charge is -2.24. The number of nitrogens with one attached hydrogen (secondary N) is 1. The van der Waals surface area contributed by atoms with Crippen molar-refractivity contribution in [1.82, 2.24) is 24.8 Å². The second-order valence-corrected chi connectivity index (χ2v) is 12.6. The molecular formula is C19H30N6O9S2. The first-order chi connectivity index (χ1) is 16.9. The minimum atomic E-state index is -4.20. The number of hydrogen-bond donors (Lipinski definition) is 7. The lowest BCUT2D eigenvalue weighted by molar-refractivity contribution is -0.141. The lowest BCUT2D eigenvalue weighted by atomic mass is 10.1. The van der Waals surface area contributed by atoms with E-state index in [-0.39, 0.29) is 25.1 Å². The predicted molar refractivity (Wildman–Crippen MR) is 130 cm³/mol. The van der Waals surface area contributed by atoms with Crippen LogP contribution in [-0.4, -0.2) is 108 Å². The number of nitrogens with zero attached hydrogens (tertiary/aromatic N) is 4. The highest BCUT2D eigenvalue weighted by Gasteiger charge is 2.44. The molecule has 7 N–H and O–H groups in total. The number of anilines is 1. The molecule has 0 spiro atoms. The summed E-state index contributed by atoms with van der Waals surface area (Å²) in [6.45, 7) is 0. The van der Waals surface area contributed by atoms with Crippen molar-refractivity contribution in [1.29, 1.82) is 0 Å². The zero-order valence-corrected chi connectivity index (χ0v) is 21.0. The fourth-order valence-corrected chi connectivity index (χ4v) is 6.16. The number of thiol groups is 1. The fourth-order valence-electron chi connectivity index (χ4n) is 3.85. The van der Waals surface area contributed by atoms with Gasteiger partial charge < -0.3 is 31.1 Å². The Morgan fingerprint density at radius 2 is 2.00 bits per heavy atom. The highest BCUT2D eigenvalue weighted by Crippen LogP contribution is 2.36. The zero-order valence-electron chi connectivity index (χ0n) is 19.3. The lowest BCUT2D eigenvalue weighted by Crippen LogP contribution is -2.41. The molecule has 0 aromatic carbocycles. The van der Waals surface area contributed by atoms with Crippen LogP contribution in [-0.2, 0) is 24.4 Å². The van der Waals surface area contributed by atoms with Crippen molar-refractivity contribution >= 4 is 49.9 Å². The number of amides is 1. The molecule has 36 heavy (non-hydrogen) atoms. The van der Waals surface area contributed by atoms with Crippen LogP contribution in [0.25, 0.3) is 11.2 Å². The molecule has 15 nitrogen and oxygen atoms in total. The summed E-state index contributed by atoms with van der Waals surface area (Å²) in [6.07, 6.45) is 0.116. The number of ether oxygens (including phenoxy) is 1. The van der Waals surface area contributed by atoms with Gasteiger partial charge in [-0.3, -0.25) is 24.8 Å². The Balaban J connectivity index is 1.54. The van der Waals surface area contributed by atoms with Crippen LogP contribution in [0.15, 0.2) is 12.7 Å². The van der Waals surface area contributed by atoms with Gasteiger partial charge >= 0.3 is 5.97 Å². The topological polar surface area (TPSA) is 240 Å². The van der Waals surface area contributed by atoms with Crippen molar-refractivity contribution in [3.8, 4) is 0 Å². The zero-order chi connectivity index (χ0) is 26.6. The van der Waals surface area contributed by atoms with Gasteiger partial charge in [0.15, 0.2) is 17.7 Å². The van der Waals surface area contributed by atoms with E-state index in [1.54, 1.807) is 0 Å². The third kappa shape index (κ3) is 7.01. The van der Waals surface area contributed by atoms with Gasteiger partial charge in [0.2, 0.25) is 5.91 Å². The number of carboxylic acids is 1. The van der Waals surface area contributed by atoms with Crippen LogP contribution in [0.4, 0.5) is 5.82 Å². The van der Waals surface area contributed by atoms with E-state index in [2.05, 4.69) is 20.3 Å². The van der Waals surface area contributed by atoms with Crippen molar-refractivity contribution in [2.45, 2.75) is 49.8 Å². The number of carbonyl (C=O) groups is 2. The third-order valence-corrected chi connectivity index (χ3v) is 8.54. The molecule has 1 saturated heterocycles. The van der Waals surface area contributed by atoms with Crippen molar-refractivity contribution in [2.75, 3.05) is 29.2 Å². The van der Waals surface area contributed by atoms with E-state index < -0.39 is 69.2 Å². The maximum Gasteiger partial charge on any atom is 0.326 e. The van der Waals surface area contributed by atoms with E-state index in [1.165, 1.54) is 17.2 Å². The Bertz CT molecular complexity index is 1190. The summed E-state index contributed by atoms with van der Waals surface area (Å²) >= 11 is 0. The summed E-state index contributed by atoms with van der Waals surface area (Å²) in [7, 11) is -5.05. The van der Waals surface area contributed by atoms with Crippen LogP contribution in [0.5, 0.6) is 0 Å². The van der Waals surface area contributed by atoms with Gasteiger partial charge in [-0.15, -0.1) is 0 Å². The minimum Gasteiger partial charge on any atom is -0.480 e. The number of carboxylic acid groups (broad SMARTS) is 1. The number of aromatic nitrogens is 4. The average molecular weight is 551 g/mol. The van der Waals surface area contributed by atoms with Gasteiger partial charge in [0.1, 0.15) is 30.1 Å². The molecule has 1 aliphatic heterocycles. The van der Waals surface area contributed by atoms with Crippen LogP contribution in [0.3, 0.4) is 0 Å². The van der Waals surface area contributed by atoms with Crippen LogP contribution in [0.1, 0.15) is 25.5 Å². The molecule has 3 heterocycles. The van der Waals surface area contributed by atoms with Crippen LogP contribution in [0, 0.1) is 0 Å². The molecular weight excluding hydrogens is 520 g/mol. The van der Waals surface area contributed by atoms with Gasteiger partial charge in [-0.2, -0.15) is 8.42 Å². The Morgan fingerprint density at radius 1 is 1.28 bits per heavy atom. The summed E-state index contributed by atoms with van der Waals surface area (Å²) in [5.74, 6) is -1.51. The monoisotopic (exact) mass is 550 g/mol. The molecule has 0 bridgehead atoms. The van der Waals surface area contributed by atoms with E-state index in [1.807, 2.05) is 6.26 Å². The van der Waals surface area contributed by atoms with Gasteiger partial charge in [-0.05, 0) is 24.9 Å². The smallest absolute Gasteiger partial charge is 0.326 e. The van der Waals surface area contributed by atoms with Gasteiger partial charge in [0, 0.05) is 12.2 Å². The summed E-state index contributed by atoms with van der Waals surface area (Å²) < 4.78 is 37.6. The molecule has 1 fully saturated rings. The van der Waals surface area contributed by atoms with E-state index in [9.17, 15) is 33.3 Å². The molecule has 2 aromatic heterocycles. The first-order valence-corrected chi connectivity index (χ1v) is 14.7. The standard InChI is InChI=1S/C19H30N6O9S2/c1-35(5-4-10(19(29)30)24-12(26)3-2-6-36(31,32)33)7-11-14(27)15(28)18(34-11)25-9-23-13-16(20)21-8-22-17(13)25/h8-11,14-15,18,27-28,35H,2-7H2,1H3,(H,24,26)(H,29,30)(H2,20,21,22)(H,31,32,33)/t10?,11-,14?,15?,18-/m1/s1. The quantitative estimate of drug-likeness (QED) is 0.115. The highest BCUT2D eigenvalue weighted by atomic mass is 32.2. The molecule has 1 aliphatic rings. The largest absolute Gasteiger partial charge is 0.480 e. The van der Waals surface area contributed by atoms with Crippen LogP contribution >= 0.6 is 10.9 Å². The fraction of sp³-hybridized carbons (Fsp3) is 0.632. The maximum atomic E-state index is 12.0. The predicted octanol–water partition coefficient (Wildman–Crippen LogP) is -1.71. The van der Waals surface area contributed by atoms with E-state index >= 15 is 0 Å². The van der Waals surface area contributed by atoms with Gasteiger partial charge in [0.05, 0.1) is 18.2 Å². The van der Waals surface area contributed by atoms with Crippen LogP contribution in [0.2, 0.25) is 0 Å². The maximum absolute atomic E-state index is 12.0. The first kappa shape index (κ1) is 28.0. The van der Waals surface area contributed by atoms with Crippen molar-refractivity contribution < 1.29 is 42.6 Å². The molecule has 2 aromatic rings. The summed E-state index contributed by atoms with van der Waals surface area (Å²) in [4.78, 5) is 35.6. The molecule has 1 amide bonds. The van der Waals surface area contributed by atoms with E-state index in [4.69, 9.17) is 15.0 Å². The number of nitrogens with two attached hydrogens (primary N) is 1. The first-order valence-electron chi connectivity index (χ1n) is 11.0. The van der Waals surface area contributed by atoms with Gasteiger partial charge in [-0.1, -0.05) is 0 Å². The molecule has 3 rings (SSSR count). The normalized spacial score (nSPS) is 24.5. The highest BCUT2D eigenvalue weighted by molar-refractivity contribution is 8.16. The Morgan fingerprint density at radius 3 is 2.67 bits per heavy atom. The molecule has 0 radical (unpaired) electrons. The number of aliphatic carboxylic acids is 1. The number of carbonyl (C=O) groups excluding carboxylic acids is 1.